The summed E-state index contributed by atoms with van der Waals surface area (Å²) < 4.78 is 48.4. The lowest BCUT2D eigenvalue weighted by Crippen LogP contribution is -2.17. The van der Waals surface area contributed by atoms with E-state index in [2.05, 4.69) is 9.47 Å². The van der Waals surface area contributed by atoms with E-state index in [0.29, 0.717) is 6.08 Å². The fraction of sp³-hybridized carbons (Fsp3) is 0.167. The summed E-state index contributed by atoms with van der Waals surface area (Å²) in [5.41, 5.74) is -3.07. The van der Waals surface area contributed by atoms with Crippen LogP contribution in [-0.4, -0.2) is 31.1 Å². The van der Waals surface area contributed by atoms with Gasteiger partial charge >= 0.3 is 17.6 Å². The first-order valence-corrected chi connectivity index (χ1v) is 5.69. The number of ether oxygens (including phenoxy) is 2. The van der Waals surface area contributed by atoms with E-state index < -0.39 is 51.4 Å². The lowest BCUT2D eigenvalue weighted by Gasteiger charge is -2.10. The number of nitrogens with zero attached hydrogens (tertiary/aromatic N) is 1. The van der Waals surface area contributed by atoms with Gasteiger partial charge < -0.3 is 14.8 Å². The van der Waals surface area contributed by atoms with Gasteiger partial charge in [0.15, 0.2) is 5.82 Å². The Morgan fingerprint density at radius 2 is 1.83 bits per heavy atom. The summed E-state index contributed by atoms with van der Waals surface area (Å²) in [5.74, 6) is -8.10. The van der Waals surface area contributed by atoms with Crippen molar-refractivity contribution in [3.8, 4) is 0 Å². The lowest BCUT2D eigenvalue weighted by atomic mass is 10.2. The van der Waals surface area contributed by atoms with Crippen LogP contribution in [0, 0.1) is 27.6 Å². The number of rotatable bonds is 5. The SMILES string of the molecule is COC(=O)/C=C(/Nc1cc(F)c(F)c(F)c1[N+](=O)[O-])C(=O)OC. The van der Waals surface area contributed by atoms with Gasteiger partial charge in [0.1, 0.15) is 11.4 Å². The van der Waals surface area contributed by atoms with Gasteiger partial charge in [-0.25, -0.2) is 18.4 Å². The largest absolute Gasteiger partial charge is 0.466 e. The van der Waals surface area contributed by atoms with Gasteiger partial charge in [-0.2, -0.15) is 4.39 Å². The minimum atomic E-state index is -2.07. The number of hydrogen-bond donors (Lipinski definition) is 1. The van der Waals surface area contributed by atoms with Crippen LogP contribution in [0.2, 0.25) is 0 Å². The molecule has 1 rings (SSSR count). The number of esters is 2. The molecule has 0 unspecified atom stereocenters. The zero-order chi connectivity index (χ0) is 17.7. The molecular weight excluding hydrogens is 325 g/mol. The molecule has 1 aromatic carbocycles. The Hall–Kier alpha value is -3.11. The Labute approximate surface area is 126 Å². The van der Waals surface area contributed by atoms with E-state index in [1.54, 1.807) is 0 Å². The minimum Gasteiger partial charge on any atom is -0.466 e. The smallest absolute Gasteiger partial charge is 0.354 e. The zero-order valence-corrected chi connectivity index (χ0v) is 11.7. The minimum absolute atomic E-state index is 0.255. The highest BCUT2D eigenvalue weighted by Gasteiger charge is 2.29. The van der Waals surface area contributed by atoms with Crippen molar-refractivity contribution in [2.75, 3.05) is 19.5 Å². The molecule has 0 amide bonds. The second-order valence-corrected chi connectivity index (χ2v) is 3.84. The van der Waals surface area contributed by atoms with Crippen molar-refractivity contribution < 1.29 is 37.2 Å². The molecule has 0 aliphatic heterocycles. The van der Waals surface area contributed by atoms with Gasteiger partial charge in [0.25, 0.3) is 0 Å². The predicted octanol–water partition coefficient (Wildman–Crippen LogP) is 1.65. The highest BCUT2D eigenvalue weighted by atomic mass is 19.2. The Kier molecular flexibility index (Phi) is 5.65. The van der Waals surface area contributed by atoms with Gasteiger partial charge in [0, 0.05) is 6.07 Å². The number of benzene rings is 1. The molecule has 0 aromatic heterocycles. The first-order valence-electron chi connectivity index (χ1n) is 5.69. The van der Waals surface area contributed by atoms with Gasteiger partial charge in [-0.3, -0.25) is 10.1 Å². The predicted molar refractivity (Wildman–Crippen MR) is 68.7 cm³/mol. The molecular formula is C12H9F3N2O6. The first-order chi connectivity index (χ1) is 10.7. The van der Waals surface area contributed by atoms with E-state index in [-0.39, 0.29) is 6.07 Å². The molecule has 0 atom stereocenters. The Morgan fingerprint density at radius 3 is 2.30 bits per heavy atom. The Bertz CT molecular complexity index is 705. The van der Waals surface area contributed by atoms with Crippen molar-refractivity contribution in [3.63, 3.8) is 0 Å². The van der Waals surface area contributed by atoms with E-state index in [0.717, 1.165) is 14.2 Å². The molecule has 0 bridgehead atoms. The standard InChI is InChI=1S/C12H9F3N2O6/c1-22-8(18)4-7(12(19)23-2)16-6-3-5(13)9(14)10(15)11(6)17(20)21/h3-4,16H,1-2H3/b7-4+. The van der Waals surface area contributed by atoms with Crippen molar-refractivity contribution in [1.82, 2.24) is 0 Å². The highest BCUT2D eigenvalue weighted by Crippen LogP contribution is 2.32. The van der Waals surface area contributed by atoms with E-state index in [1.807, 2.05) is 5.32 Å². The van der Waals surface area contributed by atoms with Crippen LogP contribution in [0.15, 0.2) is 17.8 Å². The third-order valence-corrected chi connectivity index (χ3v) is 2.46. The van der Waals surface area contributed by atoms with Gasteiger partial charge in [-0.15, -0.1) is 0 Å². The third-order valence-electron chi connectivity index (χ3n) is 2.46. The quantitative estimate of drug-likeness (QED) is 0.287. The van der Waals surface area contributed by atoms with E-state index >= 15 is 0 Å². The summed E-state index contributed by atoms with van der Waals surface area (Å²) in [6.45, 7) is 0. The number of nitro benzene ring substituents is 1. The molecule has 11 heteroatoms. The van der Waals surface area contributed by atoms with Crippen LogP contribution < -0.4 is 5.32 Å². The molecule has 0 aliphatic rings. The molecule has 8 nitrogen and oxygen atoms in total. The molecule has 23 heavy (non-hydrogen) atoms. The van der Waals surface area contributed by atoms with Crippen molar-refractivity contribution in [3.05, 3.63) is 45.4 Å². The zero-order valence-electron chi connectivity index (χ0n) is 11.7. The fourth-order valence-electron chi connectivity index (χ4n) is 1.44. The van der Waals surface area contributed by atoms with E-state index in [4.69, 9.17) is 0 Å². The van der Waals surface area contributed by atoms with Crippen LogP contribution in [-0.2, 0) is 19.1 Å². The second kappa shape index (κ2) is 7.24. The Morgan fingerprint density at radius 1 is 1.22 bits per heavy atom. The summed E-state index contributed by atoms with van der Waals surface area (Å²) in [6.07, 6.45) is 0.536. The molecule has 0 radical (unpaired) electrons. The number of carbonyl (C=O) groups is 2. The van der Waals surface area contributed by atoms with Crippen LogP contribution in [0.3, 0.4) is 0 Å². The van der Waals surface area contributed by atoms with E-state index in [9.17, 15) is 32.9 Å². The van der Waals surface area contributed by atoms with E-state index in [1.165, 1.54) is 0 Å². The molecule has 0 saturated heterocycles. The van der Waals surface area contributed by atoms with Gasteiger partial charge in [0.2, 0.25) is 11.6 Å². The molecule has 124 valence electrons. The molecule has 0 aliphatic carbocycles. The van der Waals surface area contributed by atoms with Crippen molar-refractivity contribution >= 4 is 23.3 Å². The fourth-order valence-corrected chi connectivity index (χ4v) is 1.44. The van der Waals surface area contributed by atoms with Gasteiger partial charge in [-0.1, -0.05) is 0 Å². The van der Waals surface area contributed by atoms with Crippen LogP contribution in [0.4, 0.5) is 24.5 Å². The molecule has 0 spiro atoms. The molecule has 0 heterocycles. The number of carbonyl (C=O) groups excluding carboxylic acids is 2. The van der Waals surface area contributed by atoms with Crippen LogP contribution >= 0.6 is 0 Å². The summed E-state index contributed by atoms with van der Waals surface area (Å²) in [4.78, 5) is 32.1. The lowest BCUT2D eigenvalue weighted by molar-refractivity contribution is -0.386. The van der Waals surface area contributed by atoms with Crippen LogP contribution in [0.1, 0.15) is 0 Å². The number of hydrogen-bond acceptors (Lipinski definition) is 7. The third kappa shape index (κ3) is 3.96. The van der Waals surface area contributed by atoms with Crippen LogP contribution in [0.5, 0.6) is 0 Å². The topological polar surface area (TPSA) is 108 Å². The van der Waals surface area contributed by atoms with Crippen molar-refractivity contribution in [1.29, 1.82) is 0 Å². The highest BCUT2D eigenvalue weighted by molar-refractivity contribution is 5.99. The van der Waals surface area contributed by atoms with Crippen molar-refractivity contribution in [2.45, 2.75) is 0 Å². The summed E-state index contributed by atoms with van der Waals surface area (Å²) in [7, 11) is 1.91. The Balaban J connectivity index is 3.45. The number of anilines is 1. The molecule has 0 saturated carbocycles. The molecule has 1 N–H and O–H groups in total. The molecule has 1 aromatic rings. The van der Waals surface area contributed by atoms with Gasteiger partial charge in [-0.05, 0) is 0 Å². The summed E-state index contributed by atoms with van der Waals surface area (Å²) in [5, 5.41) is 12.8. The summed E-state index contributed by atoms with van der Waals surface area (Å²) >= 11 is 0. The second-order valence-electron chi connectivity index (χ2n) is 3.84. The number of methoxy groups -OCH3 is 2. The number of halogens is 3. The average Bonchev–Trinajstić information content (AvgIpc) is 2.50. The number of nitrogens with one attached hydrogen (secondary N) is 1. The van der Waals surface area contributed by atoms with Crippen LogP contribution in [0.25, 0.3) is 0 Å². The maximum atomic E-state index is 13.5. The normalized spacial score (nSPS) is 10.9. The van der Waals surface area contributed by atoms with Crippen molar-refractivity contribution in [2.24, 2.45) is 0 Å². The monoisotopic (exact) mass is 334 g/mol. The molecule has 0 fully saturated rings. The maximum absolute atomic E-state index is 13.5. The first kappa shape index (κ1) is 17.9. The van der Waals surface area contributed by atoms with Gasteiger partial charge in [0.05, 0.1) is 25.2 Å². The number of nitro groups is 1. The summed E-state index contributed by atoms with van der Waals surface area (Å²) in [6, 6.07) is 0.255. The maximum Gasteiger partial charge on any atom is 0.354 e. The average molecular weight is 334 g/mol.